The van der Waals surface area contributed by atoms with E-state index >= 15 is 0 Å². The van der Waals surface area contributed by atoms with E-state index in [1.54, 1.807) is 6.07 Å². The summed E-state index contributed by atoms with van der Waals surface area (Å²) in [5.74, 6) is 0. The third-order valence-corrected chi connectivity index (χ3v) is 3.79. The Balaban J connectivity index is 1.98. The number of likely N-dealkylation sites (tertiary alicyclic amines) is 1. The van der Waals surface area contributed by atoms with E-state index in [2.05, 4.69) is 11.4 Å². The number of carbonyl (C=O) groups excluding carboxylic acids is 1. The Morgan fingerprint density at radius 3 is 2.91 bits per heavy atom. The Bertz CT molecular complexity index is 587. The lowest BCUT2D eigenvalue weighted by Crippen LogP contribution is -2.48. The molecule has 1 N–H and O–H groups in total. The topological polar surface area (TPSA) is 65.4 Å². The van der Waals surface area contributed by atoms with Gasteiger partial charge in [-0.05, 0) is 58.2 Å². The van der Waals surface area contributed by atoms with Gasteiger partial charge in [0.05, 0.1) is 17.7 Å². The van der Waals surface area contributed by atoms with Gasteiger partial charge in [0.2, 0.25) is 0 Å². The minimum Gasteiger partial charge on any atom is -0.444 e. The Hall–Kier alpha value is -2.22. The molecule has 0 bridgehead atoms. The first-order chi connectivity index (χ1) is 10.9. The van der Waals surface area contributed by atoms with Crippen molar-refractivity contribution in [3.05, 3.63) is 29.8 Å². The zero-order valence-corrected chi connectivity index (χ0v) is 14.1. The van der Waals surface area contributed by atoms with Gasteiger partial charge in [-0.2, -0.15) is 5.26 Å². The summed E-state index contributed by atoms with van der Waals surface area (Å²) in [7, 11) is 0. The van der Waals surface area contributed by atoms with Crippen molar-refractivity contribution >= 4 is 11.8 Å². The normalized spacial score (nSPS) is 18.2. The summed E-state index contributed by atoms with van der Waals surface area (Å²) >= 11 is 0. The molecule has 1 atom stereocenters. The maximum atomic E-state index is 12.4. The molecule has 5 heteroatoms. The second kappa shape index (κ2) is 7.36. The zero-order chi connectivity index (χ0) is 16.9. The summed E-state index contributed by atoms with van der Waals surface area (Å²) in [6.07, 6.45) is 2.85. The van der Waals surface area contributed by atoms with Gasteiger partial charge in [-0.25, -0.2) is 4.79 Å². The van der Waals surface area contributed by atoms with Crippen molar-refractivity contribution in [1.29, 1.82) is 5.26 Å². The molecule has 1 saturated heterocycles. The number of benzene rings is 1. The number of nitriles is 1. The average molecular weight is 315 g/mol. The molecule has 1 aliphatic rings. The Kier molecular flexibility index (Phi) is 5.49. The predicted octanol–water partition coefficient (Wildman–Crippen LogP) is 3.76. The highest BCUT2D eigenvalue weighted by Gasteiger charge is 2.30. The standard InChI is InChI=1S/C18H25N3O2/c1-18(2,3)23-17(22)21-10-5-4-9-16(21)13-20-15-8-6-7-14(11-15)12-19/h6-8,11,16,20H,4-5,9-10,13H2,1-3H3. The van der Waals surface area contributed by atoms with Crippen LogP contribution in [0.5, 0.6) is 0 Å². The minimum absolute atomic E-state index is 0.115. The lowest BCUT2D eigenvalue weighted by molar-refractivity contribution is 0.0114. The van der Waals surface area contributed by atoms with Gasteiger partial charge in [0.1, 0.15) is 5.60 Å². The Morgan fingerprint density at radius 2 is 2.22 bits per heavy atom. The average Bonchev–Trinajstić information content (AvgIpc) is 2.52. The van der Waals surface area contributed by atoms with Crippen LogP contribution in [0.2, 0.25) is 0 Å². The van der Waals surface area contributed by atoms with Crippen LogP contribution in [-0.2, 0) is 4.74 Å². The molecule has 0 aromatic heterocycles. The number of amides is 1. The zero-order valence-electron chi connectivity index (χ0n) is 14.1. The molecule has 0 aliphatic carbocycles. The van der Waals surface area contributed by atoms with Gasteiger partial charge in [-0.1, -0.05) is 6.07 Å². The van der Waals surface area contributed by atoms with Gasteiger partial charge < -0.3 is 15.0 Å². The highest BCUT2D eigenvalue weighted by atomic mass is 16.6. The van der Waals surface area contributed by atoms with E-state index < -0.39 is 5.60 Å². The predicted molar refractivity (Wildman–Crippen MR) is 90.2 cm³/mol. The fourth-order valence-corrected chi connectivity index (χ4v) is 2.71. The van der Waals surface area contributed by atoms with E-state index in [0.717, 1.165) is 31.5 Å². The SMILES string of the molecule is CC(C)(C)OC(=O)N1CCCCC1CNc1cccc(C#N)c1. The van der Waals surface area contributed by atoms with Crippen molar-refractivity contribution in [2.24, 2.45) is 0 Å². The summed E-state index contributed by atoms with van der Waals surface area (Å²) in [6.45, 7) is 7.05. The monoisotopic (exact) mass is 315 g/mol. The second-order valence-electron chi connectivity index (χ2n) is 6.90. The quantitative estimate of drug-likeness (QED) is 0.922. The third-order valence-electron chi connectivity index (χ3n) is 3.79. The molecule has 1 aromatic rings. The Labute approximate surface area is 138 Å². The molecular weight excluding hydrogens is 290 g/mol. The van der Waals surface area contributed by atoms with Crippen molar-refractivity contribution in [2.45, 2.75) is 51.7 Å². The van der Waals surface area contributed by atoms with Crippen LogP contribution in [0.3, 0.4) is 0 Å². The molecule has 0 spiro atoms. The molecule has 2 rings (SSSR count). The van der Waals surface area contributed by atoms with Crippen LogP contribution in [0.4, 0.5) is 10.5 Å². The van der Waals surface area contributed by atoms with Gasteiger partial charge in [0.15, 0.2) is 0 Å². The highest BCUT2D eigenvalue weighted by Crippen LogP contribution is 2.21. The van der Waals surface area contributed by atoms with Crippen molar-refractivity contribution in [3.8, 4) is 6.07 Å². The summed E-state index contributed by atoms with van der Waals surface area (Å²) in [4.78, 5) is 14.2. The minimum atomic E-state index is -0.479. The molecule has 1 heterocycles. The fraction of sp³-hybridized carbons (Fsp3) is 0.556. The van der Waals surface area contributed by atoms with E-state index in [-0.39, 0.29) is 12.1 Å². The lowest BCUT2D eigenvalue weighted by Gasteiger charge is -2.37. The molecule has 124 valence electrons. The molecule has 5 nitrogen and oxygen atoms in total. The first-order valence-corrected chi connectivity index (χ1v) is 8.13. The largest absolute Gasteiger partial charge is 0.444 e. The van der Waals surface area contributed by atoms with Crippen LogP contribution in [0.25, 0.3) is 0 Å². The van der Waals surface area contributed by atoms with Crippen LogP contribution in [-0.4, -0.2) is 35.7 Å². The second-order valence-corrected chi connectivity index (χ2v) is 6.90. The van der Waals surface area contributed by atoms with Crippen LogP contribution >= 0.6 is 0 Å². The number of ether oxygens (including phenoxy) is 1. The molecule has 1 aliphatic heterocycles. The van der Waals surface area contributed by atoms with Crippen LogP contribution in [0, 0.1) is 11.3 Å². The number of anilines is 1. The molecule has 1 fully saturated rings. The molecule has 1 amide bonds. The summed E-state index contributed by atoms with van der Waals surface area (Å²) in [5, 5.41) is 12.3. The van der Waals surface area contributed by atoms with Gasteiger partial charge in [0, 0.05) is 18.8 Å². The van der Waals surface area contributed by atoms with E-state index in [1.807, 2.05) is 43.9 Å². The Morgan fingerprint density at radius 1 is 1.43 bits per heavy atom. The summed E-state index contributed by atoms with van der Waals surface area (Å²) in [6, 6.07) is 9.63. The molecule has 1 unspecified atom stereocenters. The maximum absolute atomic E-state index is 12.4. The molecule has 0 saturated carbocycles. The number of piperidine rings is 1. The molecule has 0 radical (unpaired) electrons. The van der Waals surface area contributed by atoms with Crippen molar-refractivity contribution < 1.29 is 9.53 Å². The number of hydrogen-bond acceptors (Lipinski definition) is 4. The van der Waals surface area contributed by atoms with Crippen molar-refractivity contribution in [1.82, 2.24) is 4.90 Å². The number of nitrogens with zero attached hydrogens (tertiary/aromatic N) is 2. The first kappa shape index (κ1) is 17.1. The lowest BCUT2D eigenvalue weighted by atomic mass is 10.0. The van der Waals surface area contributed by atoms with Gasteiger partial charge in [-0.15, -0.1) is 0 Å². The molecular formula is C18H25N3O2. The smallest absolute Gasteiger partial charge is 0.410 e. The van der Waals surface area contributed by atoms with Gasteiger partial charge in [0.25, 0.3) is 0 Å². The first-order valence-electron chi connectivity index (χ1n) is 8.13. The number of hydrogen-bond donors (Lipinski definition) is 1. The van der Waals surface area contributed by atoms with Crippen LogP contribution < -0.4 is 5.32 Å². The highest BCUT2D eigenvalue weighted by molar-refractivity contribution is 5.68. The summed E-state index contributed by atoms with van der Waals surface area (Å²) in [5.41, 5.74) is 1.05. The van der Waals surface area contributed by atoms with Crippen molar-refractivity contribution in [3.63, 3.8) is 0 Å². The number of rotatable bonds is 3. The maximum Gasteiger partial charge on any atom is 0.410 e. The summed E-state index contributed by atoms with van der Waals surface area (Å²) < 4.78 is 5.51. The number of nitrogens with one attached hydrogen (secondary N) is 1. The van der Waals surface area contributed by atoms with Gasteiger partial charge in [-0.3, -0.25) is 0 Å². The van der Waals surface area contributed by atoms with E-state index in [1.165, 1.54) is 0 Å². The van der Waals surface area contributed by atoms with Crippen LogP contribution in [0.1, 0.15) is 45.6 Å². The van der Waals surface area contributed by atoms with E-state index in [4.69, 9.17) is 10.00 Å². The van der Waals surface area contributed by atoms with Crippen molar-refractivity contribution in [2.75, 3.05) is 18.4 Å². The van der Waals surface area contributed by atoms with E-state index in [0.29, 0.717) is 12.1 Å². The van der Waals surface area contributed by atoms with Gasteiger partial charge >= 0.3 is 6.09 Å². The molecule has 1 aromatic carbocycles. The molecule has 23 heavy (non-hydrogen) atoms. The van der Waals surface area contributed by atoms with E-state index in [9.17, 15) is 4.79 Å². The third kappa shape index (κ3) is 5.17. The van der Waals surface area contributed by atoms with Crippen LogP contribution in [0.15, 0.2) is 24.3 Å². The number of carbonyl (C=O) groups is 1. The fourth-order valence-electron chi connectivity index (χ4n) is 2.71.